The minimum atomic E-state index is -0.190. The molecule has 1 unspecified atom stereocenters. The Kier molecular flexibility index (Phi) is 4.33. The van der Waals surface area contributed by atoms with Crippen LogP contribution in [0.1, 0.15) is 31.9 Å². The van der Waals surface area contributed by atoms with Gasteiger partial charge in [-0.15, -0.1) is 6.42 Å². The van der Waals surface area contributed by atoms with Gasteiger partial charge >= 0.3 is 0 Å². The first-order valence-electron chi connectivity index (χ1n) is 5.15. The Bertz CT molecular complexity index is 354. The van der Waals surface area contributed by atoms with E-state index in [9.17, 15) is 4.39 Å². The molecule has 0 saturated carbocycles. The summed E-state index contributed by atoms with van der Waals surface area (Å²) in [6, 6.07) is 6.68. The van der Waals surface area contributed by atoms with Gasteiger partial charge in [-0.2, -0.15) is 0 Å². The lowest BCUT2D eigenvalue weighted by molar-refractivity contribution is 0.488. The number of terminal acetylenes is 1. The van der Waals surface area contributed by atoms with Gasteiger partial charge in [0.05, 0.1) is 6.04 Å². The van der Waals surface area contributed by atoms with Crippen LogP contribution < -0.4 is 5.32 Å². The van der Waals surface area contributed by atoms with Crippen LogP contribution in [0.4, 0.5) is 4.39 Å². The molecule has 0 bridgehead atoms. The van der Waals surface area contributed by atoms with Crippen molar-refractivity contribution in [2.45, 2.75) is 32.4 Å². The molecule has 2 atom stereocenters. The molecular formula is C13H16FN. The Morgan fingerprint density at radius 2 is 2.13 bits per heavy atom. The molecule has 0 amide bonds. The molecule has 1 aromatic carbocycles. The smallest absolute Gasteiger partial charge is 0.127 e. The second-order valence-corrected chi connectivity index (χ2v) is 3.54. The van der Waals surface area contributed by atoms with Gasteiger partial charge in [-0.1, -0.05) is 31.0 Å². The van der Waals surface area contributed by atoms with E-state index in [1.165, 1.54) is 6.07 Å². The third-order valence-electron chi connectivity index (χ3n) is 2.43. The molecule has 2 heteroatoms. The predicted octanol–water partition coefficient (Wildman–Crippen LogP) is 2.89. The van der Waals surface area contributed by atoms with Crippen LogP contribution >= 0.6 is 0 Å². The lowest BCUT2D eigenvalue weighted by Crippen LogP contribution is -2.30. The van der Waals surface area contributed by atoms with Crippen LogP contribution in [-0.4, -0.2) is 6.04 Å². The number of rotatable bonds is 4. The largest absolute Gasteiger partial charge is 0.297 e. The van der Waals surface area contributed by atoms with Gasteiger partial charge in [0, 0.05) is 11.6 Å². The summed E-state index contributed by atoms with van der Waals surface area (Å²) in [6.07, 6.45) is 6.18. The topological polar surface area (TPSA) is 12.0 Å². The summed E-state index contributed by atoms with van der Waals surface area (Å²) >= 11 is 0. The standard InChI is InChI=1S/C13H16FN/c1-4-11(5-2)15-10(3)12-8-6-7-9-13(12)14/h1,6-11,15H,5H2,2-3H3/t10-,11?/m1/s1. The second kappa shape index (κ2) is 5.53. The van der Waals surface area contributed by atoms with E-state index in [0.29, 0.717) is 5.56 Å². The second-order valence-electron chi connectivity index (χ2n) is 3.54. The van der Waals surface area contributed by atoms with Crippen LogP contribution in [-0.2, 0) is 0 Å². The highest BCUT2D eigenvalue weighted by Gasteiger charge is 2.12. The molecular weight excluding hydrogens is 189 g/mol. The van der Waals surface area contributed by atoms with Crippen molar-refractivity contribution < 1.29 is 4.39 Å². The third-order valence-corrected chi connectivity index (χ3v) is 2.43. The van der Waals surface area contributed by atoms with Crippen molar-refractivity contribution in [2.24, 2.45) is 0 Å². The summed E-state index contributed by atoms with van der Waals surface area (Å²) in [5.41, 5.74) is 0.659. The Labute approximate surface area is 90.7 Å². The number of hydrogen-bond acceptors (Lipinski definition) is 1. The molecule has 1 aromatic rings. The summed E-state index contributed by atoms with van der Waals surface area (Å²) in [5, 5.41) is 3.20. The maximum atomic E-state index is 13.4. The monoisotopic (exact) mass is 205 g/mol. The molecule has 0 saturated heterocycles. The number of hydrogen-bond donors (Lipinski definition) is 1. The third kappa shape index (κ3) is 3.07. The zero-order chi connectivity index (χ0) is 11.3. The summed E-state index contributed by atoms with van der Waals surface area (Å²) in [5.74, 6) is 2.45. The zero-order valence-corrected chi connectivity index (χ0v) is 9.13. The molecule has 15 heavy (non-hydrogen) atoms. The van der Waals surface area contributed by atoms with Crippen LogP contribution in [0.15, 0.2) is 24.3 Å². The fourth-order valence-corrected chi connectivity index (χ4v) is 1.50. The van der Waals surface area contributed by atoms with Crippen molar-refractivity contribution in [3.05, 3.63) is 35.6 Å². The van der Waals surface area contributed by atoms with Gasteiger partial charge in [0.25, 0.3) is 0 Å². The van der Waals surface area contributed by atoms with Crippen LogP contribution in [0.25, 0.3) is 0 Å². The van der Waals surface area contributed by atoms with Gasteiger partial charge in [-0.3, -0.25) is 5.32 Å². The van der Waals surface area contributed by atoms with Crippen molar-refractivity contribution in [1.29, 1.82) is 0 Å². The van der Waals surface area contributed by atoms with E-state index in [1.54, 1.807) is 12.1 Å². The Balaban J connectivity index is 2.73. The van der Waals surface area contributed by atoms with Crippen molar-refractivity contribution in [1.82, 2.24) is 5.32 Å². The van der Waals surface area contributed by atoms with E-state index in [4.69, 9.17) is 6.42 Å². The first-order chi connectivity index (χ1) is 7.19. The van der Waals surface area contributed by atoms with Gasteiger partial charge in [0.15, 0.2) is 0 Å². The Morgan fingerprint density at radius 3 is 2.67 bits per heavy atom. The molecule has 0 radical (unpaired) electrons. The van der Waals surface area contributed by atoms with Gasteiger partial charge in [-0.05, 0) is 19.4 Å². The fourth-order valence-electron chi connectivity index (χ4n) is 1.50. The average Bonchev–Trinajstić information content (AvgIpc) is 2.26. The quantitative estimate of drug-likeness (QED) is 0.745. The predicted molar refractivity (Wildman–Crippen MR) is 60.9 cm³/mol. The average molecular weight is 205 g/mol. The molecule has 0 aromatic heterocycles. The molecule has 0 heterocycles. The number of nitrogens with one attached hydrogen (secondary N) is 1. The molecule has 80 valence electrons. The summed E-state index contributed by atoms with van der Waals surface area (Å²) in [7, 11) is 0. The molecule has 1 N–H and O–H groups in total. The van der Waals surface area contributed by atoms with Gasteiger partial charge < -0.3 is 0 Å². The lowest BCUT2D eigenvalue weighted by Gasteiger charge is -2.18. The Morgan fingerprint density at radius 1 is 1.47 bits per heavy atom. The summed E-state index contributed by atoms with van der Waals surface area (Å²) in [6.45, 7) is 3.92. The van der Waals surface area contributed by atoms with Crippen LogP contribution in [0.2, 0.25) is 0 Å². The first kappa shape index (κ1) is 11.7. The van der Waals surface area contributed by atoms with Gasteiger partial charge in [0.1, 0.15) is 5.82 Å². The van der Waals surface area contributed by atoms with E-state index in [2.05, 4.69) is 11.2 Å². The van der Waals surface area contributed by atoms with E-state index in [0.717, 1.165) is 6.42 Å². The first-order valence-corrected chi connectivity index (χ1v) is 5.15. The SMILES string of the molecule is C#CC(CC)N[C@H](C)c1ccccc1F. The fraction of sp³-hybridized carbons (Fsp3) is 0.385. The maximum absolute atomic E-state index is 13.4. The normalized spacial score (nSPS) is 14.3. The van der Waals surface area contributed by atoms with E-state index < -0.39 is 0 Å². The van der Waals surface area contributed by atoms with Crippen molar-refractivity contribution in [3.8, 4) is 12.3 Å². The highest BCUT2D eigenvalue weighted by molar-refractivity contribution is 5.21. The van der Waals surface area contributed by atoms with E-state index in [1.807, 2.05) is 19.9 Å². The molecule has 0 aliphatic carbocycles. The zero-order valence-electron chi connectivity index (χ0n) is 9.13. The molecule has 0 spiro atoms. The molecule has 1 nitrogen and oxygen atoms in total. The van der Waals surface area contributed by atoms with Gasteiger partial charge in [0.2, 0.25) is 0 Å². The van der Waals surface area contributed by atoms with E-state index in [-0.39, 0.29) is 17.9 Å². The minimum absolute atomic E-state index is 0.000365. The van der Waals surface area contributed by atoms with Crippen LogP contribution in [0, 0.1) is 18.2 Å². The lowest BCUT2D eigenvalue weighted by atomic mass is 10.1. The molecule has 0 fully saturated rings. The highest BCUT2D eigenvalue weighted by Crippen LogP contribution is 2.16. The summed E-state index contributed by atoms with van der Waals surface area (Å²) < 4.78 is 13.4. The van der Waals surface area contributed by atoms with Crippen LogP contribution in [0.5, 0.6) is 0 Å². The van der Waals surface area contributed by atoms with Crippen molar-refractivity contribution in [3.63, 3.8) is 0 Å². The number of halogens is 1. The molecule has 0 aliphatic heterocycles. The van der Waals surface area contributed by atoms with Crippen molar-refractivity contribution >= 4 is 0 Å². The molecule has 1 rings (SSSR count). The number of benzene rings is 1. The Hall–Kier alpha value is -1.33. The van der Waals surface area contributed by atoms with Crippen molar-refractivity contribution in [2.75, 3.05) is 0 Å². The van der Waals surface area contributed by atoms with Crippen LogP contribution in [0.3, 0.4) is 0 Å². The maximum Gasteiger partial charge on any atom is 0.127 e. The molecule has 0 aliphatic rings. The highest BCUT2D eigenvalue weighted by atomic mass is 19.1. The van der Waals surface area contributed by atoms with Gasteiger partial charge in [-0.25, -0.2) is 4.39 Å². The van der Waals surface area contributed by atoms with E-state index >= 15 is 0 Å². The minimum Gasteiger partial charge on any atom is -0.297 e. The summed E-state index contributed by atoms with van der Waals surface area (Å²) in [4.78, 5) is 0.